The van der Waals surface area contributed by atoms with Gasteiger partial charge >= 0.3 is 0 Å². The Morgan fingerprint density at radius 2 is 2.27 bits per heavy atom. The molecule has 0 radical (unpaired) electrons. The van der Waals surface area contributed by atoms with Crippen LogP contribution in [-0.2, 0) is 5.66 Å². The quantitative estimate of drug-likeness (QED) is 0.603. The average Bonchev–Trinajstić information content (AvgIpc) is 2.06. The zero-order valence-electron chi connectivity index (χ0n) is 6.83. The van der Waals surface area contributed by atoms with Gasteiger partial charge in [-0.05, 0) is 26.1 Å². The van der Waals surface area contributed by atoms with Crippen molar-refractivity contribution in [3.8, 4) is 0 Å². The molecule has 1 unspecified atom stereocenters. The monoisotopic (exact) mass is 151 g/mol. The largest absolute Gasteiger partial charge is 0.308 e. The Bertz CT molecular complexity index is 218. The molecule has 3 nitrogen and oxygen atoms in total. The Kier molecular flexibility index (Phi) is 2.22. The molecule has 3 N–H and O–H groups in total. The molecule has 1 aromatic heterocycles. The van der Waals surface area contributed by atoms with Crippen molar-refractivity contribution in [1.82, 2.24) is 10.3 Å². The highest BCUT2D eigenvalue weighted by Crippen LogP contribution is 2.08. The first-order valence-corrected chi connectivity index (χ1v) is 3.56. The summed E-state index contributed by atoms with van der Waals surface area (Å²) in [6.07, 6.45) is 1.73. The van der Waals surface area contributed by atoms with Gasteiger partial charge in [-0.25, -0.2) is 0 Å². The van der Waals surface area contributed by atoms with Crippen molar-refractivity contribution in [2.24, 2.45) is 5.73 Å². The SMILES string of the molecule is CNC(C)(N)c1ccccn1. The van der Waals surface area contributed by atoms with Gasteiger partial charge in [0.1, 0.15) is 5.66 Å². The van der Waals surface area contributed by atoms with Crippen LogP contribution in [0.5, 0.6) is 0 Å². The number of nitrogens with one attached hydrogen (secondary N) is 1. The van der Waals surface area contributed by atoms with Crippen LogP contribution in [0.1, 0.15) is 12.6 Å². The van der Waals surface area contributed by atoms with Gasteiger partial charge in [0.15, 0.2) is 0 Å². The molecule has 0 bridgehead atoms. The highest BCUT2D eigenvalue weighted by atomic mass is 15.1. The summed E-state index contributed by atoms with van der Waals surface area (Å²) < 4.78 is 0. The van der Waals surface area contributed by atoms with E-state index in [2.05, 4.69) is 10.3 Å². The molecule has 0 saturated carbocycles. The minimum Gasteiger partial charge on any atom is -0.308 e. The summed E-state index contributed by atoms with van der Waals surface area (Å²) in [6.45, 7) is 1.88. The Balaban J connectivity index is 2.93. The van der Waals surface area contributed by atoms with Crippen LogP contribution in [-0.4, -0.2) is 12.0 Å². The molecule has 11 heavy (non-hydrogen) atoms. The molecule has 60 valence electrons. The van der Waals surface area contributed by atoms with Gasteiger partial charge in [0.05, 0.1) is 5.69 Å². The number of nitrogens with two attached hydrogens (primary N) is 1. The second kappa shape index (κ2) is 2.98. The Labute approximate surface area is 66.6 Å². The number of rotatable bonds is 2. The minimum atomic E-state index is -0.527. The smallest absolute Gasteiger partial charge is 0.107 e. The van der Waals surface area contributed by atoms with Crippen molar-refractivity contribution in [3.05, 3.63) is 30.1 Å². The number of nitrogens with zero attached hydrogens (tertiary/aromatic N) is 1. The Hall–Kier alpha value is -0.930. The van der Waals surface area contributed by atoms with Gasteiger partial charge in [0, 0.05) is 6.20 Å². The van der Waals surface area contributed by atoms with E-state index in [0.29, 0.717) is 0 Å². The fourth-order valence-corrected chi connectivity index (χ4v) is 0.798. The molecule has 0 aliphatic rings. The summed E-state index contributed by atoms with van der Waals surface area (Å²) in [5.74, 6) is 0. The maximum absolute atomic E-state index is 5.86. The summed E-state index contributed by atoms with van der Waals surface area (Å²) in [5.41, 5.74) is 6.19. The minimum absolute atomic E-state index is 0.527. The van der Waals surface area contributed by atoms with Gasteiger partial charge < -0.3 is 5.73 Å². The summed E-state index contributed by atoms with van der Waals surface area (Å²) in [7, 11) is 1.81. The van der Waals surface area contributed by atoms with Crippen LogP contribution in [0.15, 0.2) is 24.4 Å². The van der Waals surface area contributed by atoms with Gasteiger partial charge in [-0.15, -0.1) is 0 Å². The predicted molar refractivity (Wildman–Crippen MR) is 44.8 cm³/mol. The zero-order valence-corrected chi connectivity index (χ0v) is 6.83. The molecule has 1 atom stereocenters. The van der Waals surface area contributed by atoms with E-state index in [4.69, 9.17) is 5.73 Å². The standard InChI is InChI=1S/C8H13N3/c1-8(9,10-2)7-5-3-4-6-11-7/h3-6,10H,9H2,1-2H3. The maximum Gasteiger partial charge on any atom is 0.107 e. The summed E-state index contributed by atoms with van der Waals surface area (Å²) in [6, 6.07) is 5.69. The second-order valence-corrected chi connectivity index (χ2v) is 2.67. The third-order valence-corrected chi connectivity index (χ3v) is 1.72. The third kappa shape index (κ3) is 1.76. The van der Waals surface area contributed by atoms with Crippen molar-refractivity contribution in [2.45, 2.75) is 12.6 Å². The molecule has 0 aliphatic heterocycles. The van der Waals surface area contributed by atoms with E-state index in [1.807, 2.05) is 32.2 Å². The first-order valence-electron chi connectivity index (χ1n) is 3.56. The highest BCUT2D eigenvalue weighted by molar-refractivity contribution is 5.12. The summed E-state index contributed by atoms with van der Waals surface area (Å²) in [4.78, 5) is 4.13. The van der Waals surface area contributed by atoms with Crippen molar-refractivity contribution >= 4 is 0 Å². The lowest BCUT2D eigenvalue weighted by Crippen LogP contribution is -2.46. The lowest BCUT2D eigenvalue weighted by molar-refractivity contribution is 0.405. The van der Waals surface area contributed by atoms with E-state index < -0.39 is 5.66 Å². The molecule has 0 fully saturated rings. The second-order valence-electron chi connectivity index (χ2n) is 2.67. The van der Waals surface area contributed by atoms with Crippen molar-refractivity contribution in [2.75, 3.05) is 7.05 Å². The van der Waals surface area contributed by atoms with Crippen LogP contribution in [0.2, 0.25) is 0 Å². The fraction of sp³-hybridized carbons (Fsp3) is 0.375. The first kappa shape index (κ1) is 8.17. The van der Waals surface area contributed by atoms with Crippen molar-refractivity contribution in [1.29, 1.82) is 0 Å². The third-order valence-electron chi connectivity index (χ3n) is 1.72. The molecule has 1 rings (SSSR count). The summed E-state index contributed by atoms with van der Waals surface area (Å²) in [5, 5.41) is 2.97. The van der Waals surface area contributed by atoms with Crippen LogP contribution in [0, 0.1) is 0 Å². The van der Waals surface area contributed by atoms with E-state index in [-0.39, 0.29) is 0 Å². The van der Waals surface area contributed by atoms with Crippen LogP contribution in [0.4, 0.5) is 0 Å². The molecule has 1 heterocycles. The molecule has 0 saturated heterocycles. The molecule has 0 amide bonds. The number of hydrogen-bond donors (Lipinski definition) is 2. The number of aromatic nitrogens is 1. The Morgan fingerprint density at radius 1 is 1.55 bits per heavy atom. The normalized spacial score (nSPS) is 15.9. The molecule has 3 heteroatoms. The lowest BCUT2D eigenvalue weighted by atomic mass is 10.1. The molecule has 0 aromatic carbocycles. The molecular weight excluding hydrogens is 138 g/mol. The fourth-order valence-electron chi connectivity index (χ4n) is 0.798. The maximum atomic E-state index is 5.86. The van der Waals surface area contributed by atoms with Gasteiger partial charge in [-0.1, -0.05) is 6.07 Å². The van der Waals surface area contributed by atoms with E-state index in [1.165, 1.54) is 0 Å². The van der Waals surface area contributed by atoms with Crippen LogP contribution >= 0.6 is 0 Å². The molecule has 1 aromatic rings. The van der Waals surface area contributed by atoms with Crippen LogP contribution < -0.4 is 11.1 Å². The van der Waals surface area contributed by atoms with E-state index >= 15 is 0 Å². The Morgan fingerprint density at radius 3 is 2.73 bits per heavy atom. The van der Waals surface area contributed by atoms with E-state index in [1.54, 1.807) is 6.20 Å². The van der Waals surface area contributed by atoms with E-state index in [9.17, 15) is 0 Å². The van der Waals surface area contributed by atoms with E-state index in [0.717, 1.165) is 5.69 Å². The van der Waals surface area contributed by atoms with Crippen LogP contribution in [0.3, 0.4) is 0 Å². The number of hydrogen-bond acceptors (Lipinski definition) is 3. The lowest BCUT2D eigenvalue weighted by Gasteiger charge is -2.22. The first-order chi connectivity index (χ1) is 5.17. The average molecular weight is 151 g/mol. The molecule has 0 aliphatic carbocycles. The van der Waals surface area contributed by atoms with Gasteiger partial charge in [0.2, 0.25) is 0 Å². The van der Waals surface area contributed by atoms with Gasteiger partial charge in [-0.3, -0.25) is 10.3 Å². The molecular formula is C8H13N3. The number of pyridine rings is 1. The zero-order chi connectivity index (χ0) is 8.32. The van der Waals surface area contributed by atoms with Gasteiger partial charge in [-0.2, -0.15) is 0 Å². The molecule has 0 spiro atoms. The van der Waals surface area contributed by atoms with Crippen molar-refractivity contribution < 1.29 is 0 Å². The highest BCUT2D eigenvalue weighted by Gasteiger charge is 2.18. The summed E-state index contributed by atoms with van der Waals surface area (Å²) >= 11 is 0. The topological polar surface area (TPSA) is 50.9 Å². The predicted octanol–water partition coefficient (Wildman–Crippen LogP) is 0.432. The van der Waals surface area contributed by atoms with Crippen LogP contribution in [0.25, 0.3) is 0 Å². The van der Waals surface area contributed by atoms with Gasteiger partial charge in [0.25, 0.3) is 0 Å². The van der Waals surface area contributed by atoms with Crippen molar-refractivity contribution in [3.63, 3.8) is 0 Å².